The van der Waals surface area contributed by atoms with Gasteiger partial charge in [-0.05, 0) is 276 Å². The highest BCUT2D eigenvalue weighted by molar-refractivity contribution is 5.95. The molecule has 0 N–H and O–H groups in total. The SMILES string of the molecule is CC(C)(C)c1cc2ccccc2n1-c1cc(-n2c(C(C)(C)C)cc3ccccc32)cc(-n2c(C(C)(C)C)cc3ccccc32)c1.Cc1cc2ccccc2n1-c1cc(-n2c(C)cc3ccccc32)cc(-n2c(C)cc3ccccc32)c1.Cc1cc2ccccc2n1-c1cc(-n2c(C)cc3ccccc32)cc(-n2c(C)cc3ccccc32)c1.c1ccc2c(c1)ccn2-c1cc(-n2ccc3ccccc32)cc(-n2ccc3ccccc32)c1. The summed E-state index contributed by atoms with van der Waals surface area (Å²) in [5, 5.41) is 15.0. The first-order chi connectivity index (χ1) is 72.7. The number of para-hydroxylation sites is 12. The Morgan fingerprint density at radius 2 is 0.260 bits per heavy atom. The predicted molar refractivity (Wildman–Crippen MR) is 632 cm³/mol. The molecule has 0 spiro atoms. The van der Waals surface area contributed by atoms with E-state index in [4.69, 9.17) is 0 Å². The number of fused-ring (bicyclic) bond motifs is 12. The maximum absolute atomic E-state index is 2.49. The molecule has 28 rings (SSSR count). The van der Waals surface area contributed by atoms with Crippen molar-refractivity contribution < 1.29 is 0 Å². The summed E-state index contributed by atoms with van der Waals surface area (Å²) in [4.78, 5) is 0. The molecule has 0 bridgehead atoms. The Morgan fingerprint density at radius 1 is 0.127 bits per heavy atom. The zero-order chi connectivity index (χ0) is 102. The Hall–Kier alpha value is -18.0. The van der Waals surface area contributed by atoms with Crippen LogP contribution in [0.25, 0.3) is 199 Å². The van der Waals surface area contributed by atoms with E-state index in [1.165, 1.54) is 199 Å². The summed E-state index contributed by atoms with van der Waals surface area (Å²) < 4.78 is 28.6. The minimum Gasteiger partial charge on any atom is -0.316 e. The van der Waals surface area contributed by atoms with Crippen molar-refractivity contribution >= 4 is 131 Å². The quantitative estimate of drug-likeness (QED) is 0.117. The van der Waals surface area contributed by atoms with Gasteiger partial charge in [-0.2, -0.15) is 0 Å². The molecule has 28 aromatic rings. The van der Waals surface area contributed by atoms with Gasteiger partial charge in [-0.3, -0.25) is 0 Å². The Kier molecular flexibility index (Phi) is 22.7. The normalized spacial score (nSPS) is 12.1. The van der Waals surface area contributed by atoms with E-state index < -0.39 is 0 Å². The van der Waals surface area contributed by atoms with Crippen molar-refractivity contribution in [1.29, 1.82) is 0 Å². The molecule has 16 aromatic carbocycles. The third kappa shape index (κ3) is 16.4. The summed E-state index contributed by atoms with van der Waals surface area (Å²) in [5.41, 5.74) is 39.6. The minimum atomic E-state index is -0.0530. The highest BCUT2D eigenvalue weighted by atomic mass is 15.1. The van der Waals surface area contributed by atoms with Crippen LogP contribution in [0.2, 0.25) is 0 Å². The van der Waals surface area contributed by atoms with Gasteiger partial charge in [0.15, 0.2) is 0 Å². The van der Waals surface area contributed by atoms with Crippen LogP contribution in [0.3, 0.4) is 0 Å². The van der Waals surface area contributed by atoms with E-state index in [1.54, 1.807) is 0 Å². The van der Waals surface area contributed by atoms with Crippen molar-refractivity contribution in [2.45, 2.75) is 120 Å². The average molecular weight is 1950 g/mol. The zero-order valence-corrected chi connectivity index (χ0v) is 87.7. The molecule has 12 nitrogen and oxygen atoms in total. The second kappa shape index (κ2) is 36.6. The third-order valence-electron chi connectivity index (χ3n) is 30.3. The first-order valence-corrected chi connectivity index (χ1v) is 52.3. The fraction of sp³-hybridized carbons (Fsp3) is 0.130. The van der Waals surface area contributed by atoms with Crippen LogP contribution in [-0.2, 0) is 16.2 Å². The van der Waals surface area contributed by atoms with Gasteiger partial charge in [0.2, 0.25) is 0 Å². The van der Waals surface area contributed by atoms with Crippen LogP contribution in [-0.4, -0.2) is 54.8 Å². The lowest BCUT2D eigenvalue weighted by Gasteiger charge is -2.27. The Balaban J connectivity index is 0.000000104. The summed E-state index contributed by atoms with van der Waals surface area (Å²) in [7, 11) is 0. The molecule has 12 heteroatoms. The highest BCUT2D eigenvalue weighted by Gasteiger charge is 2.30. The predicted octanol–water partition coefficient (Wildman–Crippen LogP) is 35.8. The summed E-state index contributed by atoms with van der Waals surface area (Å²) in [6.45, 7) is 34.0. The molecule has 732 valence electrons. The molecule has 0 atom stereocenters. The van der Waals surface area contributed by atoms with Crippen molar-refractivity contribution in [2.75, 3.05) is 0 Å². The number of hydrogen-bond acceptors (Lipinski definition) is 0. The van der Waals surface area contributed by atoms with E-state index in [-0.39, 0.29) is 16.2 Å². The molecular weight excluding hydrogens is 1830 g/mol. The van der Waals surface area contributed by atoms with E-state index in [0.29, 0.717) is 0 Å². The van der Waals surface area contributed by atoms with Crippen LogP contribution in [0.5, 0.6) is 0 Å². The lowest BCUT2D eigenvalue weighted by Crippen LogP contribution is -2.19. The van der Waals surface area contributed by atoms with Crippen LogP contribution in [0.4, 0.5) is 0 Å². The lowest BCUT2D eigenvalue weighted by molar-refractivity contribution is 0.556. The number of aryl methyl sites for hydroxylation is 6. The number of rotatable bonds is 12. The maximum Gasteiger partial charge on any atom is 0.0531 e. The molecule has 0 aliphatic rings. The van der Waals surface area contributed by atoms with Gasteiger partial charge in [0.05, 0.1) is 83.3 Å². The molecule has 0 aliphatic heterocycles. The monoisotopic (exact) mass is 1940 g/mol. The van der Waals surface area contributed by atoms with Gasteiger partial charge in [-0.25, -0.2) is 0 Å². The maximum atomic E-state index is 2.49. The van der Waals surface area contributed by atoms with E-state index in [0.717, 1.165) is 51.2 Å². The molecule has 0 fully saturated rings. The number of aromatic nitrogens is 12. The highest BCUT2D eigenvalue weighted by Crippen LogP contribution is 2.44. The zero-order valence-electron chi connectivity index (χ0n) is 87.7. The first kappa shape index (κ1) is 93.1. The van der Waals surface area contributed by atoms with Crippen molar-refractivity contribution in [1.82, 2.24) is 54.8 Å². The number of hydrogen-bond donors (Lipinski definition) is 0. The largest absolute Gasteiger partial charge is 0.316 e. The average Bonchev–Trinajstić information content (AvgIpc) is 1.57. The molecule has 0 unspecified atom stereocenters. The summed E-state index contributed by atoms with van der Waals surface area (Å²) >= 11 is 0. The van der Waals surface area contributed by atoms with Crippen molar-refractivity contribution in [3.63, 3.8) is 0 Å². The van der Waals surface area contributed by atoms with Gasteiger partial charge < -0.3 is 54.8 Å². The second-order valence-corrected chi connectivity index (χ2v) is 43.7. The molecule has 12 heterocycles. The molecule has 150 heavy (non-hydrogen) atoms. The first-order valence-electron chi connectivity index (χ1n) is 52.3. The molecule has 0 radical (unpaired) electrons. The van der Waals surface area contributed by atoms with E-state index in [9.17, 15) is 0 Å². The second-order valence-electron chi connectivity index (χ2n) is 43.7. The number of benzene rings is 16. The van der Waals surface area contributed by atoms with Gasteiger partial charge in [-0.1, -0.05) is 281 Å². The van der Waals surface area contributed by atoms with Crippen molar-refractivity contribution in [2.24, 2.45) is 0 Å². The van der Waals surface area contributed by atoms with Gasteiger partial charge in [0.25, 0.3) is 0 Å². The van der Waals surface area contributed by atoms with Crippen LogP contribution < -0.4 is 0 Å². The third-order valence-corrected chi connectivity index (χ3v) is 30.3. The summed E-state index contributed by atoms with van der Waals surface area (Å²) in [6, 6.07) is 159. The van der Waals surface area contributed by atoms with Crippen LogP contribution in [0.1, 0.15) is 114 Å². The van der Waals surface area contributed by atoms with Crippen LogP contribution >= 0.6 is 0 Å². The van der Waals surface area contributed by atoms with Gasteiger partial charge in [-0.15, -0.1) is 0 Å². The van der Waals surface area contributed by atoms with Gasteiger partial charge in [0.1, 0.15) is 0 Å². The summed E-state index contributed by atoms with van der Waals surface area (Å²) in [5.74, 6) is 0. The summed E-state index contributed by atoms with van der Waals surface area (Å²) in [6.07, 6.45) is 6.49. The topological polar surface area (TPSA) is 59.2 Å². The molecule has 0 saturated carbocycles. The van der Waals surface area contributed by atoms with Gasteiger partial charge >= 0.3 is 0 Å². The standard InChI is InChI=1S/C42H45N3.2C33H27N3.C30H21N3/c1-40(2,3)37-22-28-16-10-13-19-34(28)43(37)31-25-32(44-35-20-14-11-17-29(35)23-38(44)41(4,5)6)27-33(26-31)45-36-21-15-12-18-30(36)24-39(45)42(7,8)9;2*1-22-16-25-10-4-7-13-31(25)34(22)28-19-29(35-23(2)17-26-11-5-8-14-32(26)35)21-30(20-28)36-24(3)18-27-12-6-9-15-33(27)36;1-4-10-28-22(7-1)13-16-31(28)25-19-26(32-17-14-23-8-2-5-11-29(23)32)21-27(20-25)33-18-15-24-9-3-6-12-30(24)33/h10-27H,1-9H3;2*4-21H,1-3H3;1-21H. The van der Waals surface area contributed by atoms with E-state index in [1.807, 2.05) is 0 Å². The van der Waals surface area contributed by atoms with E-state index >= 15 is 0 Å². The minimum absolute atomic E-state index is 0.0530. The smallest absolute Gasteiger partial charge is 0.0531 e. The Morgan fingerprint density at radius 3 is 0.433 bits per heavy atom. The molecule has 0 saturated heterocycles. The van der Waals surface area contributed by atoms with Crippen LogP contribution in [0, 0.1) is 41.5 Å². The molecule has 0 aliphatic carbocycles. The fourth-order valence-corrected chi connectivity index (χ4v) is 23.6. The lowest BCUT2D eigenvalue weighted by atomic mass is 9.91. The Bertz CT molecular complexity index is 8900. The van der Waals surface area contributed by atoms with E-state index in [2.05, 4.69) is 614 Å². The molecule has 0 amide bonds. The van der Waals surface area contributed by atoms with Crippen molar-refractivity contribution in [3.05, 3.63) is 507 Å². The number of nitrogens with zero attached hydrogens (tertiary/aromatic N) is 12. The molecule has 12 aromatic heterocycles. The fourth-order valence-electron chi connectivity index (χ4n) is 23.6. The van der Waals surface area contributed by atoms with Crippen LogP contribution in [0.15, 0.2) is 455 Å². The Labute approximate surface area is 874 Å². The van der Waals surface area contributed by atoms with Gasteiger partial charge in [0, 0.05) is 186 Å². The molecular formula is C138H120N12. The van der Waals surface area contributed by atoms with Crippen molar-refractivity contribution in [3.8, 4) is 68.2 Å².